The third-order valence-electron chi connectivity index (χ3n) is 1.54. The summed E-state index contributed by atoms with van der Waals surface area (Å²) in [4.78, 5) is 21.8. The maximum absolute atomic E-state index is 11.1. The summed E-state index contributed by atoms with van der Waals surface area (Å²) in [5, 5.41) is 0. The van der Waals surface area contributed by atoms with Gasteiger partial charge in [-0.25, -0.2) is 0 Å². The van der Waals surface area contributed by atoms with E-state index < -0.39 is 5.91 Å². The number of hydrogen-bond donors (Lipinski definition) is 1. The first kappa shape index (κ1) is 9.46. The zero-order valence-corrected chi connectivity index (χ0v) is 8.27. The number of carbonyl (C=O) groups is 2. The number of amides is 2. The lowest BCUT2D eigenvalue weighted by molar-refractivity contribution is 0.1000. The van der Waals surface area contributed by atoms with Crippen LogP contribution in [0.1, 0.15) is 20.7 Å². The van der Waals surface area contributed by atoms with Crippen LogP contribution in [-0.2, 0) is 0 Å². The summed E-state index contributed by atoms with van der Waals surface area (Å²) in [6.45, 7) is 0. The van der Waals surface area contributed by atoms with Gasteiger partial charge in [0.2, 0.25) is 5.91 Å². The van der Waals surface area contributed by atoms with Gasteiger partial charge >= 0.3 is 0 Å². The fourth-order valence-corrected chi connectivity index (χ4v) is 1.08. The highest BCUT2D eigenvalue weighted by molar-refractivity contribution is 6.08. The lowest BCUT2D eigenvalue weighted by Crippen LogP contribution is -2.11. The number of nitrogens with zero attached hydrogens (tertiary/aromatic N) is 1. The van der Waals surface area contributed by atoms with Crippen LogP contribution < -0.4 is 5.73 Å². The molecule has 2 N–H and O–H groups in total. The minimum atomic E-state index is -0.548. The Bertz CT molecular complexity index is 376. The summed E-state index contributed by atoms with van der Waals surface area (Å²) >= 11 is 0. The van der Waals surface area contributed by atoms with Crippen molar-refractivity contribution < 1.29 is 9.59 Å². The summed E-state index contributed by atoms with van der Waals surface area (Å²) in [7, 11) is 1.21. The SMILES string of the molecule is NC(=O)c1cccc(C(=O)N=[SiH2])c1. The molecule has 0 saturated carbocycles. The maximum atomic E-state index is 11.1. The first-order valence-corrected chi connectivity index (χ1v) is 4.19. The predicted molar refractivity (Wildman–Crippen MR) is 50.3 cm³/mol. The Balaban J connectivity index is 3.12. The van der Waals surface area contributed by atoms with Gasteiger partial charge in [-0.05, 0) is 18.2 Å². The summed E-state index contributed by atoms with van der Waals surface area (Å²) in [5.74, 6) is -0.894. The Kier molecular flexibility index (Phi) is 2.81. The van der Waals surface area contributed by atoms with E-state index >= 15 is 0 Å². The summed E-state index contributed by atoms with van der Waals surface area (Å²) in [5.41, 5.74) is 5.74. The molecule has 0 atom stereocenters. The van der Waals surface area contributed by atoms with Gasteiger partial charge in [0.05, 0.1) is 0 Å². The summed E-state index contributed by atoms with van der Waals surface area (Å²) in [6, 6.07) is 6.17. The minimum absolute atomic E-state index is 0.317. The molecular weight excluding hydrogens is 184 g/mol. The smallest absolute Gasteiger partial charge is 0.266 e. The molecule has 1 rings (SSSR count). The largest absolute Gasteiger partial charge is 0.366 e. The van der Waals surface area contributed by atoms with Crippen LogP contribution in [0.25, 0.3) is 0 Å². The van der Waals surface area contributed by atoms with Gasteiger partial charge in [-0.2, -0.15) is 0 Å². The number of hydrogen-bond acceptors (Lipinski definition) is 2. The van der Waals surface area contributed by atoms with E-state index in [4.69, 9.17) is 5.73 Å². The van der Waals surface area contributed by atoms with Crippen molar-refractivity contribution in [3.8, 4) is 0 Å². The van der Waals surface area contributed by atoms with E-state index in [1.807, 2.05) is 0 Å². The van der Waals surface area contributed by atoms with Crippen LogP contribution in [0, 0.1) is 0 Å². The molecule has 0 aliphatic rings. The molecule has 0 unspecified atom stereocenters. The summed E-state index contributed by atoms with van der Waals surface area (Å²) < 4.78 is 3.50. The Labute approximate surface area is 77.9 Å². The molecule has 1 aromatic carbocycles. The van der Waals surface area contributed by atoms with Crippen LogP contribution >= 0.6 is 0 Å². The number of carbonyl (C=O) groups excluding carboxylic acids is 2. The third kappa shape index (κ3) is 2.16. The molecule has 13 heavy (non-hydrogen) atoms. The number of benzene rings is 1. The van der Waals surface area contributed by atoms with Crippen LogP contribution in [0.15, 0.2) is 28.9 Å². The highest BCUT2D eigenvalue weighted by Gasteiger charge is 2.05. The molecule has 0 radical (unpaired) electrons. The van der Waals surface area contributed by atoms with Crippen LogP contribution in [0.4, 0.5) is 0 Å². The molecule has 0 spiro atoms. The van der Waals surface area contributed by atoms with Gasteiger partial charge in [0.25, 0.3) is 5.91 Å². The van der Waals surface area contributed by atoms with Gasteiger partial charge in [0.1, 0.15) is 10.0 Å². The van der Waals surface area contributed by atoms with Crippen molar-refractivity contribution in [2.75, 3.05) is 0 Å². The van der Waals surface area contributed by atoms with E-state index in [9.17, 15) is 9.59 Å². The molecule has 4 nitrogen and oxygen atoms in total. The molecule has 0 aromatic heterocycles. The Morgan fingerprint density at radius 2 is 1.92 bits per heavy atom. The molecule has 2 amide bonds. The van der Waals surface area contributed by atoms with E-state index in [-0.39, 0.29) is 5.91 Å². The molecule has 0 fully saturated rings. The molecule has 1 aromatic rings. The molecule has 0 aliphatic heterocycles. The molecule has 0 saturated heterocycles. The van der Waals surface area contributed by atoms with E-state index in [0.29, 0.717) is 11.1 Å². The molecule has 5 heteroatoms. The summed E-state index contributed by atoms with van der Waals surface area (Å²) in [6.07, 6.45) is 0. The second-order valence-corrected chi connectivity index (χ2v) is 2.72. The first-order valence-electron chi connectivity index (χ1n) is 3.56. The second-order valence-electron chi connectivity index (χ2n) is 2.41. The second kappa shape index (κ2) is 3.86. The van der Waals surface area contributed by atoms with Gasteiger partial charge in [-0.3, -0.25) is 14.2 Å². The van der Waals surface area contributed by atoms with Crippen molar-refractivity contribution in [1.82, 2.24) is 0 Å². The van der Waals surface area contributed by atoms with Crippen LogP contribution in [-0.4, -0.2) is 21.8 Å². The van der Waals surface area contributed by atoms with E-state index in [1.165, 1.54) is 16.1 Å². The molecule has 0 bridgehead atoms. The minimum Gasteiger partial charge on any atom is -0.366 e. The van der Waals surface area contributed by atoms with Crippen molar-refractivity contribution in [2.45, 2.75) is 0 Å². The fraction of sp³-hybridized carbons (Fsp3) is 0. The Morgan fingerprint density at radius 1 is 1.31 bits per heavy atom. The lowest BCUT2D eigenvalue weighted by Gasteiger charge is -1.97. The normalized spacial score (nSPS) is 9.23. The number of primary amides is 1. The molecule has 0 heterocycles. The van der Waals surface area contributed by atoms with Crippen molar-refractivity contribution in [2.24, 2.45) is 10.4 Å². The monoisotopic (exact) mass is 192 g/mol. The first-order chi connectivity index (χ1) is 6.15. The Hall–Kier alpha value is -1.62. The van der Waals surface area contributed by atoms with Crippen LogP contribution in [0.2, 0.25) is 0 Å². The Morgan fingerprint density at radius 3 is 2.46 bits per heavy atom. The van der Waals surface area contributed by atoms with E-state index in [1.54, 1.807) is 18.2 Å². The lowest BCUT2D eigenvalue weighted by atomic mass is 10.1. The van der Waals surface area contributed by atoms with Gasteiger partial charge in [0.15, 0.2) is 0 Å². The van der Waals surface area contributed by atoms with Crippen molar-refractivity contribution in [1.29, 1.82) is 0 Å². The van der Waals surface area contributed by atoms with Crippen molar-refractivity contribution >= 4 is 21.8 Å². The maximum Gasteiger partial charge on any atom is 0.266 e. The average Bonchev–Trinajstić information content (AvgIpc) is 2.17. The third-order valence-corrected chi connectivity index (χ3v) is 1.82. The zero-order chi connectivity index (χ0) is 9.84. The quantitative estimate of drug-likeness (QED) is 0.656. The van der Waals surface area contributed by atoms with E-state index in [0.717, 1.165) is 0 Å². The van der Waals surface area contributed by atoms with Gasteiger partial charge in [0, 0.05) is 11.1 Å². The van der Waals surface area contributed by atoms with Gasteiger partial charge in [-0.1, -0.05) is 6.07 Å². The van der Waals surface area contributed by atoms with Crippen molar-refractivity contribution in [3.05, 3.63) is 35.4 Å². The zero-order valence-electron chi connectivity index (χ0n) is 6.86. The fourth-order valence-electron chi connectivity index (χ4n) is 0.897. The van der Waals surface area contributed by atoms with Gasteiger partial charge in [-0.15, -0.1) is 0 Å². The van der Waals surface area contributed by atoms with E-state index in [2.05, 4.69) is 4.63 Å². The highest BCUT2D eigenvalue weighted by atomic mass is 28.1. The highest BCUT2D eigenvalue weighted by Crippen LogP contribution is 2.05. The average molecular weight is 192 g/mol. The molecule has 0 aliphatic carbocycles. The molecular formula is C8H8N2O2Si. The predicted octanol–water partition coefficient (Wildman–Crippen LogP) is -0.258. The van der Waals surface area contributed by atoms with Crippen LogP contribution in [0.5, 0.6) is 0 Å². The topological polar surface area (TPSA) is 72.5 Å². The number of rotatable bonds is 2. The van der Waals surface area contributed by atoms with Gasteiger partial charge < -0.3 is 5.73 Å². The van der Waals surface area contributed by atoms with Crippen molar-refractivity contribution in [3.63, 3.8) is 0 Å². The standard InChI is InChI=1S/C8H8N2O2Si/c9-7(11)5-2-1-3-6(4-5)8(12)10-13/h1-4H,13H2,(H2,9,11). The number of nitrogens with two attached hydrogens (primary N) is 1. The van der Waals surface area contributed by atoms with Crippen LogP contribution in [0.3, 0.4) is 0 Å². The molecule has 66 valence electrons.